The van der Waals surface area contributed by atoms with E-state index in [4.69, 9.17) is 15.7 Å². The van der Waals surface area contributed by atoms with E-state index in [2.05, 4.69) is 6.58 Å². The first-order valence-electron chi connectivity index (χ1n) is 4.92. The van der Waals surface area contributed by atoms with Crippen LogP contribution in [0.2, 0.25) is 0 Å². The highest BCUT2D eigenvalue weighted by atomic mass is 16.5. The Kier molecular flexibility index (Phi) is 4.52. The van der Waals surface area contributed by atoms with Crippen molar-refractivity contribution in [3.8, 4) is 11.8 Å². The first-order chi connectivity index (χ1) is 8.17. The maximum absolute atomic E-state index is 10.9. The number of benzene rings is 1. The van der Waals surface area contributed by atoms with Crippen molar-refractivity contribution in [2.75, 3.05) is 6.61 Å². The smallest absolute Gasteiger partial charge is 0.259 e. The molecule has 86 valence electrons. The fourth-order valence-corrected chi connectivity index (χ4v) is 1.17. The predicted molar refractivity (Wildman–Crippen MR) is 64.9 cm³/mol. The van der Waals surface area contributed by atoms with Gasteiger partial charge in [0.2, 0.25) is 0 Å². The minimum atomic E-state index is -0.745. The molecule has 0 atom stereocenters. The number of ether oxygens (including phenoxy) is 1. The molecule has 4 heteroatoms. The van der Waals surface area contributed by atoms with Gasteiger partial charge in [-0.15, -0.1) is 0 Å². The molecule has 1 rings (SSSR count). The molecule has 1 aromatic rings. The summed E-state index contributed by atoms with van der Waals surface area (Å²) in [4.78, 5) is 10.9. The predicted octanol–water partition coefficient (Wildman–Crippen LogP) is 1.64. The molecule has 0 saturated heterocycles. The number of carbonyl (C=O) groups excluding carboxylic acids is 1. The summed E-state index contributed by atoms with van der Waals surface area (Å²) in [5.74, 6) is -0.106. The van der Waals surface area contributed by atoms with E-state index >= 15 is 0 Å². The Morgan fingerprint density at radius 2 is 2.35 bits per heavy atom. The molecule has 0 aliphatic rings. The van der Waals surface area contributed by atoms with Crippen molar-refractivity contribution >= 4 is 12.0 Å². The van der Waals surface area contributed by atoms with Gasteiger partial charge in [0.05, 0.1) is 0 Å². The Hall–Kier alpha value is -2.54. The molecular formula is C13H12N2O2. The Balaban J connectivity index is 2.96. The van der Waals surface area contributed by atoms with Gasteiger partial charge in [-0.3, -0.25) is 4.79 Å². The average molecular weight is 228 g/mol. The Morgan fingerprint density at radius 3 is 2.94 bits per heavy atom. The lowest BCUT2D eigenvalue weighted by atomic mass is 10.1. The molecule has 0 aromatic heterocycles. The fourth-order valence-electron chi connectivity index (χ4n) is 1.17. The van der Waals surface area contributed by atoms with E-state index in [9.17, 15) is 4.79 Å². The van der Waals surface area contributed by atoms with Crippen LogP contribution in [0.15, 0.2) is 42.5 Å². The third kappa shape index (κ3) is 3.84. The van der Waals surface area contributed by atoms with E-state index in [0.29, 0.717) is 17.9 Å². The number of amides is 1. The molecule has 0 spiro atoms. The van der Waals surface area contributed by atoms with Gasteiger partial charge in [-0.1, -0.05) is 24.8 Å². The molecule has 17 heavy (non-hydrogen) atoms. The number of rotatable bonds is 5. The van der Waals surface area contributed by atoms with Crippen LogP contribution in [0.25, 0.3) is 6.08 Å². The normalized spacial score (nSPS) is 10.4. The summed E-state index contributed by atoms with van der Waals surface area (Å²) in [5, 5.41) is 8.70. The number of nitriles is 1. The molecular weight excluding hydrogens is 216 g/mol. The van der Waals surface area contributed by atoms with Crippen molar-refractivity contribution in [1.82, 2.24) is 0 Å². The highest BCUT2D eigenvalue weighted by Crippen LogP contribution is 2.15. The van der Waals surface area contributed by atoms with Gasteiger partial charge in [0.15, 0.2) is 0 Å². The molecule has 0 fully saturated rings. The van der Waals surface area contributed by atoms with Crippen molar-refractivity contribution in [2.45, 2.75) is 0 Å². The first kappa shape index (κ1) is 12.5. The van der Waals surface area contributed by atoms with E-state index in [1.54, 1.807) is 36.4 Å². The highest BCUT2D eigenvalue weighted by molar-refractivity contribution is 6.00. The standard InChI is InChI=1S/C13H12N2O2/c1-2-6-17-12-5-3-4-10(8-12)7-11(9-14)13(15)16/h2-5,7-8H,1,6H2,(H2,15,16)/b11-7+. The lowest BCUT2D eigenvalue weighted by Crippen LogP contribution is -2.12. The number of hydrogen-bond acceptors (Lipinski definition) is 3. The molecule has 1 amide bonds. The SMILES string of the molecule is C=CCOc1cccc(/C=C(\C#N)C(N)=O)c1. The molecule has 0 bridgehead atoms. The van der Waals surface area contributed by atoms with Crippen molar-refractivity contribution in [3.63, 3.8) is 0 Å². The molecule has 4 nitrogen and oxygen atoms in total. The van der Waals surface area contributed by atoms with Gasteiger partial charge in [0, 0.05) is 0 Å². The highest BCUT2D eigenvalue weighted by Gasteiger charge is 2.03. The van der Waals surface area contributed by atoms with Crippen molar-refractivity contribution in [3.05, 3.63) is 48.1 Å². The Morgan fingerprint density at radius 1 is 1.59 bits per heavy atom. The second-order valence-electron chi connectivity index (χ2n) is 3.21. The van der Waals surface area contributed by atoms with Crippen LogP contribution in [0.5, 0.6) is 5.75 Å². The van der Waals surface area contributed by atoms with Crippen LogP contribution in [-0.4, -0.2) is 12.5 Å². The van der Waals surface area contributed by atoms with Crippen LogP contribution in [0.1, 0.15) is 5.56 Å². The van der Waals surface area contributed by atoms with E-state index in [-0.39, 0.29) is 5.57 Å². The number of nitrogens with two attached hydrogens (primary N) is 1. The van der Waals surface area contributed by atoms with E-state index in [0.717, 1.165) is 0 Å². The molecule has 0 heterocycles. The van der Waals surface area contributed by atoms with Crippen molar-refractivity contribution in [1.29, 1.82) is 5.26 Å². The van der Waals surface area contributed by atoms with Crippen molar-refractivity contribution in [2.24, 2.45) is 5.73 Å². The first-order valence-corrected chi connectivity index (χ1v) is 4.92. The number of hydrogen-bond donors (Lipinski definition) is 1. The van der Waals surface area contributed by atoms with Gasteiger partial charge >= 0.3 is 0 Å². The summed E-state index contributed by atoms with van der Waals surface area (Å²) in [7, 11) is 0. The van der Waals surface area contributed by atoms with Crippen LogP contribution in [-0.2, 0) is 4.79 Å². The second-order valence-corrected chi connectivity index (χ2v) is 3.21. The van der Waals surface area contributed by atoms with E-state index in [1.165, 1.54) is 6.08 Å². The molecule has 2 N–H and O–H groups in total. The van der Waals surface area contributed by atoms with Gasteiger partial charge in [0.25, 0.3) is 5.91 Å². The molecule has 0 aliphatic carbocycles. The van der Waals surface area contributed by atoms with Gasteiger partial charge < -0.3 is 10.5 Å². The molecule has 0 aliphatic heterocycles. The summed E-state index contributed by atoms with van der Waals surface area (Å²) in [6.07, 6.45) is 3.05. The lowest BCUT2D eigenvalue weighted by Gasteiger charge is -2.03. The molecule has 0 radical (unpaired) electrons. The summed E-state index contributed by atoms with van der Waals surface area (Å²) in [5.41, 5.74) is 5.63. The zero-order valence-electron chi connectivity index (χ0n) is 9.22. The van der Waals surface area contributed by atoms with Crippen LogP contribution in [0.4, 0.5) is 0 Å². The van der Waals surface area contributed by atoms with Gasteiger partial charge in [-0.2, -0.15) is 5.26 Å². The van der Waals surface area contributed by atoms with Gasteiger partial charge in [-0.25, -0.2) is 0 Å². The maximum atomic E-state index is 10.9. The van der Waals surface area contributed by atoms with Gasteiger partial charge in [-0.05, 0) is 23.8 Å². The van der Waals surface area contributed by atoms with Crippen molar-refractivity contribution < 1.29 is 9.53 Å². The number of carbonyl (C=O) groups is 1. The monoisotopic (exact) mass is 228 g/mol. The largest absolute Gasteiger partial charge is 0.490 e. The lowest BCUT2D eigenvalue weighted by molar-refractivity contribution is -0.114. The average Bonchev–Trinajstić information content (AvgIpc) is 2.33. The molecule has 0 unspecified atom stereocenters. The number of primary amides is 1. The molecule has 0 saturated carbocycles. The molecule has 1 aromatic carbocycles. The van der Waals surface area contributed by atoms with Crippen LogP contribution >= 0.6 is 0 Å². The zero-order valence-corrected chi connectivity index (χ0v) is 9.22. The van der Waals surface area contributed by atoms with Crippen LogP contribution in [0, 0.1) is 11.3 Å². The van der Waals surface area contributed by atoms with Gasteiger partial charge in [0.1, 0.15) is 24.0 Å². The quantitative estimate of drug-likeness (QED) is 0.473. The maximum Gasteiger partial charge on any atom is 0.259 e. The topological polar surface area (TPSA) is 76.1 Å². The summed E-state index contributed by atoms with van der Waals surface area (Å²) in [6, 6.07) is 8.74. The second kappa shape index (κ2) is 6.13. The Labute approximate surface area is 99.6 Å². The minimum Gasteiger partial charge on any atom is -0.490 e. The van der Waals surface area contributed by atoms with Crippen LogP contribution < -0.4 is 10.5 Å². The third-order valence-corrected chi connectivity index (χ3v) is 1.92. The summed E-state index contributed by atoms with van der Waals surface area (Å²) < 4.78 is 5.33. The fraction of sp³-hybridized carbons (Fsp3) is 0.0769. The third-order valence-electron chi connectivity index (χ3n) is 1.92. The number of nitrogens with zero attached hydrogens (tertiary/aromatic N) is 1. The summed E-state index contributed by atoms with van der Waals surface area (Å²) >= 11 is 0. The summed E-state index contributed by atoms with van der Waals surface area (Å²) in [6.45, 7) is 3.94. The Bertz CT molecular complexity index is 498. The van der Waals surface area contributed by atoms with Crippen LogP contribution in [0.3, 0.4) is 0 Å². The minimum absolute atomic E-state index is 0.0918. The van der Waals surface area contributed by atoms with E-state index < -0.39 is 5.91 Å². The van der Waals surface area contributed by atoms with E-state index in [1.807, 2.05) is 0 Å². The zero-order chi connectivity index (χ0) is 12.7.